The molecule has 0 amide bonds. The molecule has 3 heteroatoms. The summed E-state index contributed by atoms with van der Waals surface area (Å²) >= 11 is 0. The van der Waals surface area contributed by atoms with E-state index in [1.165, 1.54) is 31.2 Å². The zero-order valence-electron chi connectivity index (χ0n) is 16.4. The van der Waals surface area contributed by atoms with Crippen molar-refractivity contribution < 1.29 is 9.47 Å². The van der Waals surface area contributed by atoms with E-state index in [0.29, 0.717) is 11.8 Å². The van der Waals surface area contributed by atoms with E-state index in [1.54, 1.807) is 0 Å². The van der Waals surface area contributed by atoms with Gasteiger partial charge in [0.25, 0.3) is 0 Å². The van der Waals surface area contributed by atoms with Gasteiger partial charge in [0.15, 0.2) is 0 Å². The lowest BCUT2D eigenvalue weighted by Crippen LogP contribution is -2.16. The van der Waals surface area contributed by atoms with Crippen LogP contribution in [-0.4, -0.2) is 19.8 Å². The summed E-state index contributed by atoms with van der Waals surface area (Å²) in [5.41, 5.74) is 1.21. The quantitative estimate of drug-likeness (QED) is 0.488. The SMILES string of the molecule is CCCCCCNCc1ccc(OCC(C)C)cc1OCC(C)C. The molecule has 138 valence electrons. The van der Waals surface area contributed by atoms with Crippen molar-refractivity contribution in [3.05, 3.63) is 23.8 Å². The molecule has 0 bridgehead atoms. The predicted octanol–water partition coefficient (Wildman–Crippen LogP) is 5.43. The number of nitrogens with one attached hydrogen (secondary N) is 1. The van der Waals surface area contributed by atoms with Gasteiger partial charge in [-0.1, -0.05) is 59.9 Å². The van der Waals surface area contributed by atoms with Gasteiger partial charge in [-0.05, 0) is 30.9 Å². The fourth-order valence-corrected chi connectivity index (χ4v) is 2.32. The maximum absolute atomic E-state index is 6.02. The molecule has 0 fully saturated rings. The van der Waals surface area contributed by atoms with Crippen LogP contribution in [0.2, 0.25) is 0 Å². The number of ether oxygens (including phenoxy) is 2. The van der Waals surface area contributed by atoms with Crippen molar-refractivity contribution in [2.45, 2.75) is 66.8 Å². The van der Waals surface area contributed by atoms with E-state index in [-0.39, 0.29) is 0 Å². The van der Waals surface area contributed by atoms with Crippen LogP contribution in [0.1, 0.15) is 65.9 Å². The number of hydrogen-bond donors (Lipinski definition) is 1. The van der Waals surface area contributed by atoms with Gasteiger partial charge in [0.05, 0.1) is 13.2 Å². The third-order valence-corrected chi connectivity index (χ3v) is 3.72. The smallest absolute Gasteiger partial charge is 0.127 e. The standard InChI is InChI=1S/C21H37NO2/c1-6-7-8-9-12-22-14-19-10-11-20(23-15-17(2)3)13-21(19)24-16-18(4)5/h10-11,13,17-18,22H,6-9,12,14-16H2,1-5H3. The molecule has 0 aromatic heterocycles. The maximum Gasteiger partial charge on any atom is 0.127 e. The van der Waals surface area contributed by atoms with Crippen molar-refractivity contribution in [3.8, 4) is 11.5 Å². The Morgan fingerprint density at radius 3 is 2.29 bits per heavy atom. The molecule has 1 rings (SSSR count). The molecule has 0 saturated carbocycles. The molecule has 0 aliphatic rings. The van der Waals surface area contributed by atoms with Gasteiger partial charge in [0, 0.05) is 18.2 Å². The van der Waals surface area contributed by atoms with Crippen molar-refractivity contribution in [1.82, 2.24) is 5.32 Å². The topological polar surface area (TPSA) is 30.5 Å². The highest BCUT2D eigenvalue weighted by atomic mass is 16.5. The first kappa shape index (κ1) is 20.8. The summed E-state index contributed by atoms with van der Waals surface area (Å²) in [5, 5.41) is 3.54. The van der Waals surface area contributed by atoms with Crippen LogP contribution in [0.3, 0.4) is 0 Å². The number of benzene rings is 1. The van der Waals surface area contributed by atoms with Gasteiger partial charge in [-0.25, -0.2) is 0 Å². The number of rotatable bonds is 13. The van der Waals surface area contributed by atoms with E-state index < -0.39 is 0 Å². The van der Waals surface area contributed by atoms with Crippen LogP contribution in [0.4, 0.5) is 0 Å². The van der Waals surface area contributed by atoms with Gasteiger partial charge < -0.3 is 14.8 Å². The van der Waals surface area contributed by atoms with Crippen LogP contribution in [0.25, 0.3) is 0 Å². The Hall–Kier alpha value is -1.22. The first-order chi connectivity index (χ1) is 11.5. The Bertz CT molecular complexity index is 443. The molecule has 24 heavy (non-hydrogen) atoms. The molecule has 0 atom stereocenters. The van der Waals surface area contributed by atoms with Gasteiger partial charge in [-0.15, -0.1) is 0 Å². The lowest BCUT2D eigenvalue weighted by molar-refractivity contribution is 0.256. The second-order valence-corrected chi connectivity index (χ2v) is 7.42. The van der Waals surface area contributed by atoms with Gasteiger partial charge in [-0.3, -0.25) is 0 Å². The van der Waals surface area contributed by atoms with Crippen LogP contribution in [0, 0.1) is 11.8 Å². The fourth-order valence-electron chi connectivity index (χ4n) is 2.32. The maximum atomic E-state index is 6.02. The second kappa shape index (κ2) is 12.2. The Kier molecular flexibility index (Phi) is 10.6. The van der Waals surface area contributed by atoms with Gasteiger partial charge in [-0.2, -0.15) is 0 Å². The van der Waals surface area contributed by atoms with Gasteiger partial charge in [0.2, 0.25) is 0 Å². The Labute approximate surface area is 149 Å². The molecule has 0 heterocycles. The molecule has 0 spiro atoms. The summed E-state index contributed by atoms with van der Waals surface area (Å²) in [4.78, 5) is 0. The fraction of sp³-hybridized carbons (Fsp3) is 0.714. The molecule has 0 aliphatic heterocycles. The first-order valence-electron chi connectivity index (χ1n) is 9.62. The molecular formula is C21H37NO2. The average molecular weight is 336 g/mol. The number of hydrogen-bond acceptors (Lipinski definition) is 3. The monoisotopic (exact) mass is 335 g/mol. The van der Waals surface area contributed by atoms with Crippen LogP contribution in [0.5, 0.6) is 11.5 Å². The third-order valence-electron chi connectivity index (χ3n) is 3.72. The Balaban J connectivity index is 2.59. The highest BCUT2D eigenvalue weighted by molar-refractivity contribution is 5.40. The molecule has 0 saturated heterocycles. The molecule has 0 unspecified atom stereocenters. The Morgan fingerprint density at radius 2 is 1.62 bits per heavy atom. The normalized spacial score (nSPS) is 11.3. The van der Waals surface area contributed by atoms with E-state index in [4.69, 9.17) is 9.47 Å². The van der Waals surface area contributed by atoms with Crippen molar-refractivity contribution in [1.29, 1.82) is 0 Å². The predicted molar refractivity (Wildman–Crippen MR) is 103 cm³/mol. The van der Waals surface area contributed by atoms with E-state index in [1.807, 2.05) is 6.07 Å². The van der Waals surface area contributed by atoms with E-state index in [9.17, 15) is 0 Å². The van der Waals surface area contributed by atoms with E-state index in [2.05, 4.69) is 52.1 Å². The van der Waals surface area contributed by atoms with Crippen LogP contribution in [0.15, 0.2) is 18.2 Å². The molecule has 3 nitrogen and oxygen atoms in total. The zero-order valence-corrected chi connectivity index (χ0v) is 16.4. The highest BCUT2D eigenvalue weighted by Crippen LogP contribution is 2.26. The van der Waals surface area contributed by atoms with E-state index in [0.717, 1.165) is 37.8 Å². The van der Waals surface area contributed by atoms with Crippen molar-refractivity contribution in [2.24, 2.45) is 11.8 Å². The third kappa shape index (κ3) is 9.17. The van der Waals surface area contributed by atoms with Crippen LogP contribution >= 0.6 is 0 Å². The van der Waals surface area contributed by atoms with Crippen molar-refractivity contribution in [2.75, 3.05) is 19.8 Å². The summed E-state index contributed by atoms with van der Waals surface area (Å²) in [7, 11) is 0. The second-order valence-electron chi connectivity index (χ2n) is 7.42. The molecule has 1 N–H and O–H groups in total. The lowest BCUT2D eigenvalue weighted by atomic mass is 10.1. The van der Waals surface area contributed by atoms with E-state index >= 15 is 0 Å². The minimum atomic E-state index is 0.514. The molecule has 1 aromatic carbocycles. The first-order valence-corrected chi connectivity index (χ1v) is 9.62. The van der Waals surface area contributed by atoms with Crippen LogP contribution in [-0.2, 0) is 6.54 Å². The average Bonchev–Trinajstić information content (AvgIpc) is 2.55. The van der Waals surface area contributed by atoms with Gasteiger partial charge >= 0.3 is 0 Å². The summed E-state index contributed by atoms with van der Waals surface area (Å²) < 4.78 is 11.9. The van der Waals surface area contributed by atoms with Crippen molar-refractivity contribution >= 4 is 0 Å². The summed E-state index contributed by atoms with van der Waals surface area (Å²) in [6, 6.07) is 6.22. The number of unbranched alkanes of at least 4 members (excludes halogenated alkanes) is 3. The minimum absolute atomic E-state index is 0.514. The minimum Gasteiger partial charge on any atom is -0.493 e. The zero-order chi connectivity index (χ0) is 17.8. The van der Waals surface area contributed by atoms with Gasteiger partial charge in [0.1, 0.15) is 11.5 Å². The molecule has 0 aliphatic carbocycles. The molecular weight excluding hydrogens is 298 g/mol. The molecule has 0 radical (unpaired) electrons. The van der Waals surface area contributed by atoms with Crippen molar-refractivity contribution in [3.63, 3.8) is 0 Å². The Morgan fingerprint density at radius 1 is 0.917 bits per heavy atom. The highest BCUT2D eigenvalue weighted by Gasteiger charge is 2.08. The summed E-state index contributed by atoms with van der Waals surface area (Å²) in [5.74, 6) is 2.88. The largest absolute Gasteiger partial charge is 0.493 e. The summed E-state index contributed by atoms with van der Waals surface area (Å²) in [6.45, 7) is 14.3. The van der Waals surface area contributed by atoms with Crippen LogP contribution < -0.4 is 14.8 Å². The molecule has 1 aromatic rings. The summed E-state index contributed by atoms with van der Waals surface area (Å²) in [6.07, 6.45) is 5.16. The lowest BCUT2D eigenvalue weighted by Gasteiger charge is -2.16.